The first kappa shape index (κ1) is 15.9. The highest BCUT2D eigenvalue weighted by Gasteiger charge is 2.66. The summed E-state index contributed by atoms with van der Waals surface area (Å²) in [6.45, 7) is -0.0965. The van der Waals surface area contributed by atoms with Crippen molar-refractivity contribution in [1.82, 2.24) is 4.90 Å². The Morgan fingerprint density at radius 1 is 1.04 bits per heavy atom. The van der Waals surface area contributed by atoms with Gasteiger partial charge in [-0.2, -0.15) is 13.2 Å². The van der Waals surface area contributed by atoms with Crippen LogP contribution in [-0.2, 0) is 15.8 Å². The summed E-state index contributed by atoms with van der Waals surface area (Å²) >= 11 is 0. The fourth-order valence-corrected chi connectivity index (χ4v) is 5.15. The molecule has 2 bridgehead atoms. The van der Waals surface area contributed by atoms with Crippen LogP contribution in [0.2, 0.25) is 0 Å². The number of alkyl halides is 3. The molecule has 4 aliphatic carbocycles. The third-order valence-electron chi connectivity index (χ3n) is 6.39. The van der Waals surface area contributed by atoms with Crippen molar-refractivity contribution in [3.05, 3.63) is 42.0 Å². The summed E-state index contributed by atoms with van der Waals surface area (Å²) in [5.41, 5.74) is -0.531. The summed E-state index contributed by atoms with van der Waals surface area (Å²) in [7, 11) is 0. The number of rotatable bonds is 3. The quantitative estimate of drug-likeness (QED) is 0.664. The summed E-state index contributed by atoms with van der Waals surface area (Å²) in [6.07, 6.45) is 0.847. The number of nitrogens with zero attached hydrogens (tertiary/aromatic N) is 1. The van der Waals surface area contributed by atoms with Crippen LogP contribution in [0.25, 0.3) is 0 Å². The molecule has 6 unspecified atom stereocenters. The molecule has 7 heteroatoms. The molecule has 1 heterocycles. The highest BCUT2D eigenvalue weighted by molar-refractivity contribution is 6.06. The fraction of sp³-hybridized carbons (Fsp3) is 0.474. The van der Waals surface area contributed by atoms with E-state index < -0.39 is 11.7 Å². The minimum absolute atomic E-state index is 0.0965. The van der Waals surface area contributed by atoms with Crippen LogP contribution >= 0.6 is 0 Å². The molecule has 3 fully saturated rings. The Balaban J connectivity index is 1.33. The number of hydrogen-bond acceptors (Lipinski definition) is 3. The number of benzene rings is 1. The Morgan fingerprint density at radius 2 is 1.65 bits per heavy atom. The van der Waals surface area contributed by atoms with E-state index in [1.54, 1.807) is 0 Å². The van der Waals surface area contributed by atoms with E-state index in [-0.39, 0.29) is 47.8 Å². The lowest BCUT2D eigenvalue weighted by atomic mass is 9.63. The number of anilines is 1. The lowest BCUT2D eigenvalue weighted by Crippen LogP contribution is -2.40. The van der Waals surface area contributed by atoms with Crippen molar-refractivity contribution in [3.63, 3.8) is 0 Å². The van der Waals surface area contributed by atoms with Crippen molar-refractivity contribution < 1.29 is 22.8 Å². The Morgan fingerprint density at radius 3 is 2.23 bits per heavy atom. The van der Waals surface area contributed by atoms with E-state index in [1.165, 1.54) is 17.0 Å². The molecule has 1 aromatic rings. The molecule has 1 N–H and O–H groups in total. The number of carbonyl (C=O) groups excluding carboxylic acids is 2. The van der Waals surface area contributed by atoms with Gasteiger partial charge in [0.05, 0.1) is 24.1 Å². The Bertz CT molecular complexity index is 798. The molecule has 2 saturated carbocycles. The van der Waals surface area contributed by atoms with Crippen LogP contribution in [0.4, 0.5) is 18.9 Å². The van der Waals surface area contributed by atoms with E-state index >= 15 is 0 Å². The summed E-state index contributed by atoms with van der Waals surface area (Å²) in [6, 6.07) is 4.77. The van der Waals surface area contributed by atoms with E-state index in [0.717, 1.165) is 18.6 Å². The maximum atomic E-state index is 12.8. The second kappa shape index (κ2) is 5.11. The number of allylic oxidation sites excluding steroid dienone is 2. The first-order valence-corrected chi connectivity index (χ1v) is 8.81. The fourth-order valence-electron chi connectivity index (χ4n) is 5.15. The number of likely N-dealkylation sites (tertiary alicyclic amines) is 1. The first-order chi connectivity index (χ1) is 12.4. The van der Waals surface area contributed by atoms with Crippen molar-refractivity contribution in [2.75, 3.05) is 12.0 Å². The SMILES string of the molecule is O=C1C2C3C=CC(C4CC34)C2C(=O)N1CNc1cccc(C(F)(F)F)c1. The topological polar surface area (TPSA) is 49.4 Å². The highest BCUT2D eigenvalue weighted by Crippen LogP contribution is 2.65. The van der Waals surface area contributed by atoms with Gasteiger partial charge in [-0.05, 0) is 48.3 Å². The van der Waals surface area contributed by atoms with Crippen LogP contribution in [0.3, 0.4) is 0 Å². The molecule has 1 saturated heterocycles. The standard InChI is InChI=1S/C19H17F3N2O2/c20-19(21,22)9-2-1-3-10(6-9)23-8-24-17(25)15-11-4-5-12(14-7-13(11)14)16(15)18(24)26/h1-6,11-16,23H,7-8H2. The van der Waals surface area contributed by atoms with Gasteiger partial charge in [0, 0.05) is 5.69 Å². The van der Waals surface area contributed by atoms with Gasteiger partial charge in [-0.1, -0.05) is 18.2 Å². The predicted octanol–water partition coefficient (Wildman–Crippen LogP) is 3.13. The van der Waals surface area contributed by atoms with E-state index in [2.05, 4.69) is 17.5 Å². The largest absolute Gasteiger partial charge is 0.416 e. The zero-order valence-corrected chi connectivity index (χ0v) is 13.7. The summed E-state index contributed by atoms with van der Waals surface area (Å²) in [5, 5.41) is 2.81. The summed E-state index contributed by atoms with van der Waals surface area (Å²) in [4.78, 5) is 26.8. The zero-order chi connectivity index (χ0) is 18.2. The van der Waals surface area contributed by atoms with Crippen LogP contribution in [0.1, 0.15) is 12.0 Å². The number of nitrogens with one attached hydrogen (secondary N) is 1. The molecule has 26 heavy (non-hydrogen) atoms. The molecule has 2 amide bonds. The molecular weight excluding hydrogens is 345 g/mol. The van der Waals surface area contributed by atoms with Gasteiger partial charge in [0.15, 0.2) is 0 Å². The van der Waals surface area contributed by atoms with Gasteiger partial charge in [-0.3, -0.25) is 14.5 Å². The molecule has 0 radical (unpaired) electrons. The lowest BCUT2D eigenvalue weighted by molar-refractivity contribution is -0.140. The maximum absolute atomic E-state index is 12.8. The summed E-state index contributed by atoms with van der Waals surface area (Å²) in [5.74, 6) is 0.385. The minimum atomic E-state index is -4.43. The number of halogens is 3. The maximum Gasteiger partial charge on any atom is 0.416 e. The number of hydrogen-bond donors (Lipinski definition) is 1. The predicted molar refractivity (Wildman–Crippen MR) is 86.5 cm³/mol. The third-order valence-corrected chi connectivity index (χ3v) is 6.39. The van der Waals surface area contributed by atoms with Gasteiger partial charge >= 0.3 is 6.18 Å². The molecule has 5 aliphatic rings. The number of amides is 2. The molecule has 0 aromatic heterocycles. The molecule has 6 rings (SSSR count). The van der Waals surface area contributed by atoms with E-state index in [0.29, 0.717) is 11.8 Å². The van der Waals surface area contributed by atoms with Crippen molar-refractivity contribution >= 4 is 17.5 Å². The van der Waals surface area contributed by atoms with E-state index in [4.69, 9.17) is 0 Å². The van der Waals surface area contributed by atoms with Crippen molar-refractivity contribution in [2.45, 2.75) is 12.6 Å². The van der Waals surface area contributed by atoms with Gasteiger partial charge in [-0.25, -0.2) is 0 Å². The Kier molecular flexibility index (Phi) is 3.13. The minimum Gasteiger partial charge on any atom is -0.367 e. The Labute approximate surface area is 148 Å². The third kappa shape index (κ3) is 2.15. The van der Waals surface area contributed by atoms with Crippen LogP contribution in [0.5, 0.6) is 0 Å². The molecule has 6 atom stereocenters. The summed E-state index contributed by atoms with van der Waals surface area (Å²) < 4.78 is 38.4. The average molecular weight is 362 g/mol. The smallest absolute Gasteiger partial charge is 0.367 e. The zero-order valence-electron chi connectivity index (χ0n) is 13.7. The molecular formula is C19H17F3N2O2. The van der Waals surface area contributed by atoms with Gasteiger partial charge < -0.3 is 5.32 Å². The number of carbonyl (C=O) groups is 2. The molecule has 0 spiro atoms. The van der Waals surface area contributed by atoms with Gasteiger partial charge in [0.1, 0.15) is 0 Å². The normalized spacial score (nSPS) is 37.0. The van der Waals surface area contributed by atoms with Crippen LogP contribution in [-0.4, -0.2) is 23.4 Å². The van der Waals surface area contributed by atoms with E-state index in [1.807, 2.05) is 0 Å². The highest BCUT2D eigenvalue weighted by atomic mass is 19.4. The van der Waals surface area contributed by atoms with Crippen LogP contribution < -0.4 is 5.32 Å². The van der Waals surface area contributed by atoms with Crippen molar-refractivity contribution in [1.29, 1.82) is 0 Å². The lowest BCUT2D eigenvalue weighted by Gasteiger charge is -2.37. The van der Waals surface area contributed by atoms with Crippen LogP contribution in [0.15, 0.2) is 36.4 Å². The molecule has 136 valence electrons. The second-order valence-electron chi connectivity index (χ2n) is 7.67. The average Bonchev–Trinajstić information content (AvgIpc) is 3.38. The van der Waals surface area contributed by atoms with Gasteiger partial charge in [-0.15, -0.1) is 0 Å². The number of imide groups is 1. The monoisotopic (exact) mass is 362 g/mol. The second-order valence-corrected chi connectivity index (χ2v) is 7.67. The van der Waals surface area contributed by atoms with Gasteiger partial charge in [0.2, 0.25) is 11.8 Å². The van der Waals surface area contributed by atoms with Crippen molar-refractivity contribution in [2.24, 2.45) is 35.5 Å². The van der Waals surface area contributed by atoms with Crippen molar-refractivity contribution in [3.8, 4) is 0 Å². The Hall–Kier alpha value is -2.31. The van der Waals surface area contributed by atoms with Crippen LogP contribution in [0, 0.1) is 35.5 Å². The molecule has 4 nitrogen and oxygen atoms in total. The van der Waals surface area contributed by atoms with Gasteiger partial charge in [0.25, 0.3) is 0 Å². The van der Waals surface area contributed by atoms with E-state index in [9.17, 15) is 22.8 Å². The molecule has 1 aromatic carbocycles. The first-order valence-electron chi connectivity index (χ1n) is 8.81. The molecule has 1 aliphatic heterocycles.